The Morgan fingerprint density at radius 2 is 1.28 bits per heavy atom. The first-order valence-electron chi connectivity index (χ1n) is 19.4. The van der Waals surface area contributed by atoms with Gasteiger partial charge in [-0.3, -0.25) is 9.55 Å². The molecule has 6 aromatic carbocycles. The zero-order valence-corrected chi connectivity index (χ0v) is 36.2. The molecule has 0 aliphatic heterocycles. The molecule has 8 aromatic rings. The van der Waals surface area contributed by atoms with Crippen LogP contribution in [0.2, 0.25) is 0 Å². The molecule has 0 bridgehead atoms. The molecule has 0 saturated heterocycles. The Balaban J connectivity index is 0.00000496. The van der Waals surface area contributed by atoms with Gasteiger partial charge >= 0.3 is 0 Å². The van der Waals surface area contributed by atoms with Crippen LogP contribution in [0.25, 0.3) is 72.7 Å². The number of hydrogen-bond donors (Lipinski definition) is 1. The molecule has 57 heavy (non-hydrogen) atoms. The van der Waals surface area contributed by atoms with Gasteiger partial charge in [-0.2, -0.15) is 0 Å². The van der Waals surface area contributed by atoms with E-state index >= 15 is 0 Å². The molecule has 0 saturated carbocycles. The zero-order valence-electron chi connectivity index (χ0n) is 33.9. The van der Waals surface area contributed by atoms with Crippen LogP contribution < -0.4 is 0 Å². The second kappa shape index (κ2) is 15.4. The van der Waals surface area contributed by atoms with Crippen LogP contribution in [0, 0.1) is 19.9 Å². The van der Waals surface area contributed by atoms with E-state index in [4.69, 9.17) is 9.97 Å². The number of hydrogen-bond acceptors (Lipinski definition) is 3. The Bertz CT molecular complexity index is 2730. The summed E-state index contributed by atoms with van der Waals surface area (Å²) in [4.78, 5) is 10.3. The number of aromatic nitrogens is 3. The van der Waals surface area contributed by atoms with E-state index in [0.29, 0.717) is 11.4 Å². The molecule has 2 aromatic heterocycles. The van der Waals surface area contributed by atoms with Gasteiger partial charge in [0.05, 0.1) is 16.6 Å². The molecule has 288 valence electrons. The van der Waals surface area contributed by atoms with E-state index < -0.39 is 0 Å². The molecular weight excluding hydrogens is 878 g/mol. The van der Waals surface area contributed by atoms with Crippen molar-refractivity contribution in [1.82, 2.24) is 14.5 Å². The van der Waals surface area contributed by atoms with E-state index in [1.54, 1.807) is 0 Å². The normalized spacial score (nSPS) is 11.8. The van der Waals surface area contributed by atoms with Gasteiger partial charge in [0.25, 0.3) is 0 Å². The molecule has 0 radical (unpaired) electrons. The summed E-state index contributed by atoms with van der Waals surface area (Å²) in [5, 5.41) is 11.6. The standard InChI is InChI=1S/C52H48N3O.Pt/c1-33-27-34(2)49(56)44(28-33)50-54-48-43(18-14-20-47(48)55(50)41-23-21-36(22-24-41)42-17-12-13-19-45(42)52(6,7)8)38-29-39(31-40(30-38)51(3,4)5)46-32-37(25-26-53-46)35-15-10-9-11-16-35;/h9-28,30-32,56H,1-8H3;/q-1;. The molecule has 8 rings (SSSR count). The Morgan fingerprint density at radius 3 is 2.00 bits per heavy atom. The number of phenols is 1. The summed E-state index contributed by atoms with van der Waals surface area (Å²) in [6, 6.07) is 50.6. The monoisotopic (exact) mass is 925 g/mol. The van der Waals surface area contributed by atoms with Gasteiger partial charge in [-0.15, -0.1) is 29.3 Å². The number of pyridine rings is 1. The van der Waals surface area contributed by atoms with E-state index in [-0.39, 0.29) is 37.6 Å². The van der Waals surface area contributed by atoms with Crippen molar-refractivity contribution in [1.29, 1.82) is 0 Å². The van der Waals surface area contributed by atoms with E-state index in [0.717, 1.165) is 66.9 Å². The van der Waals surface area contributed by atoms with E-state index in [9.17, 15) is 5.11 Å². The first-order valence-corrected chi connectivity index (χ1v) is 19.4. The second-order valence-corrected chi connectivity index (χ2v) is 17.0. The molecule has 0 atom stereocenters. The maximum atomic E-state index is 11.6. The van der Waals surface area contributed by atoms with Gasteiger partial charge in [0.2, 0.25) is 0 Å². The molecule has 0 spiro atoms. The van der Waals surface area contributed by atoms with Crippen molar-refractivity contribution in [2.75, 3.05) is 0 Å². The van der Waals surface area contributed by atoms with Gasteiger partial charge in [0, 0.05) is 38.6 Å². The minimum atomic E-state index is -0.133. The minimum absolute atomic E-state index is 0. The Kier molecular flexibility index (Phi) is 10.7. The summed E-state index contributed by atoms with van der Waals surface area (Å²) in [7, 11) is 0. The summed E-state index contributed by atoms with van der Waals surface area (Å²) in [5.41, 5.74) is 16.0. The zero-order chi connectivity index (χ0) is 39.4. The SMILES string of the molecule is Cc1cc(C)c(O)c(-c2nc3c(-c4[c-]c(-c5cc(-c6ccccc6)ccn5)cc(C(C)(C)C)c4)cccc3n2-c2ccc(-c3ccccc3C(C)(C)C)cc2)c1.[Pt]. The topological polar surface area (TPSA) is 50.9 Å². The summed E-state index contributed by atoms with van der Waals surface area (Å²) in [6.45, 7) is 17.5. The van der Waals surface area contributed by atoms with E-state index in [1.807, 2.05) is 31.3 Å². The maximum Gasteiger partial charge on any atom is 0.148 e. The van der Waals surface area contributed by atoms with Crippen molar-refractivity contribution in [3.05, 3.63) is 168 Å². The summed E-state index contributed by atoms with van der Waals surface area (Å²) >= 11 is 0. The number of aromatic hydroxyl groups is 1. The van der Waals surface area contributed by atoms with Crippen molar-refractivity contribution >= 4 is 11.0 Å². The average Bonchev–Trinajstić information content (AvgIpc) is 3.58. The molecule has 0 aliphatic rings. The molecule has 0 fully saturated rings. The fraction of sp³-hybridized carbons (Fsp3) is 0.192. The fourth-order valence-electron chi connectivity index (χ4n) is 7.74. The van der Waals surface area contributed by atoms with Gasteiger partial charge in [-0.1, -0.05) is 144 Å². The van der Waals surface area contributed by atoms with Gasteiger partial charge in [0.15, 0.2) is 0 Å². The molecule has 0 amide bonds. The quantitative estimate of drug-likeness (QED) is 0.169. The smallest absolute Gasteiger partial charge is 0.148 e. The van der Waals surface area contributed by atoms with Crippen molar-refractivity contribution in [2.45, 2.75) is 66.2 Å². The van der Waals surface area contributed by atoms with Crippen molar-refractivity contribution < 1.29 is 26.2 Å². The van der Waals surface area contributed by atoms with E-state index in [1.165, 1.54) is 16.7 Å². The predicted octanol–water partition coefficient (Wildman–Crippen LogP) is 13.5. The van der Waals surface area contributed by atoms with E-state index in [2.05, 4.69) is 174 Å². The first-order chi connectivity index (χ1) is 26.8. The molecule has 5 heteroatoms. The number of nitrogens with zero attached hydrogens (tertiary/aromatic N) is 3. The van der Waals surface area contributed by atoms with Crippen LogP contribution in [0.1, 0.15) is 63.8 Å². The summed E-state index contributed by atoms with van der Waals surface area (Å²) in [6.07, 6.45) is 1.88. The third kappa shape index (κ3) is 7.76. The van der Waals surface area contributed by atoms with Crippen LogP contribution in [0.4, 0.5) is 0 Å². The molecule has 1 N–H and O–H groups in total. The number of aryl methyl sites for hydroxylation is 2. The fourth-order valence-corrected chi connectivity index (χ4v) is 7.74. The third-order valence-electron chi connectivity index (χ3n) is 10.7. The second-order valence-electron chi connectivity index (χ2n) is 17.0. The van der Waals surface area contributed by atoms with Gasteiger partial charge in [-0.25, -0.2) is 4.98 Å². The average molecular weight is 926 g/mol. The Labute approximate surface area is 351 Å². The van der Waals surface area contributed by atoms with Gasteiger partial charge in [0.1, 0.15) is 11.6 Å². The van der Waals surface area contributed by atoms with Crippen LogP contribution >= 0.6 is 0 Å². The van der Waals surface area contributed by atoms with Gasteiger partial charge in [-0.05, 0) is 94.0 Å². The number of fused-ring (bicyclic) bond motifs is 1. The first kappa shape index (κ1) is 39.7. The number of benzene rings is 6. The van der Waals surface area contributed by atoms with Crippen molar-refractivity contribution in [3.63, 3.8) is 0 Å². The van der Waals surface area contributed by atoms with Crippen LogP contribution in [-0.2, 0) is 31.9 Å². The molecule has 4 nitrogen and oxygen atoms in total. The molecular formula is C52H48N3OPt-. The van der Waals surface area contributed by atoms with Crippen LogP contribution in [0.15, 0.2) is 140 Å². The predicted molar refractivity (Wildman–Crippen MR) is 233 cm³/mol. The summed E-state index contributed by atoms with van der Waals surface area (Å²) < 4.78 is 2.19. The number of rotatable bonds is 6. The largest absolute Gasteiger partial charge is 0.507 e. The molecule has 2 heterocycles. The molecule has 0 unspecified atom stereocenters. The number of phenolic OH excluding ortho intramolecular Hbond substituents is 1. The van der Waals surface area contributed by atoms with Crippen LogP contribution in [0.3, 0.4) is 0 Å². The Morgan fingerprint density at radius 1 is 0.596 bits per heavy atom. The van der Waals surface area contributed by atoms with Crippen LogP contribution in [0.5, 0.6) is 5.75 Å². The number of imidazole rings is 1. The Hall–Kier alpha value is -5.57. The molecule has 0 aliphatic carbocycles. The summed E-state index contributed by atoms with van der Waals surface area (Å²) in [5.74, 6) is 0.918. The van der Waals surface area contributed by atoms with Crippen molar-refractivity contribution in [2.24, 2.45) is 0 Å². The minimum Gasteiger partial charge on any atom is -0.507 e. The third-order valence-corrected chi connectivity index (χ3v) is 10.7. The van der Waals surface area contributed by atoms with Gasteiger partial charge < -0.3 is 5.11 Å². The van der Waals surface area contributed by atoms with Crippen LogP contribution in [-0.4, -0.2) is 19.6 Å². The maximum absolute atomic E-state index is 11.6. The van der Waals surface area contributed by atoms with Crippen molar-refractivity contribution in [3.8, 4) is 67.5 Å². The number of para-hydroxylation sites is 1.